The summed E-state index contributed by atoms with van der Waals surface area (Å²) in [5.74, 6) is -3.33. The summed E-state index contributed by atoms with van der Waals surface area (Å²) < 4.78 is 11.6. The maximum atomic E-state index is 11.6. The van der Waals surface area contributed by atoms with Crippen molar-refractivity contribution in [1.82, 2.24) is 20.0 Å². The first-order valence-corrected chi connectivity index (χ1v) is 10.9. The van der Waals surface area contributed by atoms with Crippen molar-refractivity contribution in [3.05, 3.63) is 0 Å². The van der Waals surface area contributed by atoms with E-state index in [1.54, 1.807) is 4.90 Å². The third-order valence-corrected chi connectivity index (χ3v) is 5.30. The number of nitrogens with zero attached hydrogens (tertiary/aromatic N) is 3. The Morgan fingerprint density at radius 3 is 1.90 bits per heavy atom. The molecule has 0 amide bonds. The number of hydrogen-bond donors (Lipinski definition) is 6. The van der Waals surface area contributed by atoms with Crippen LogP contribution in [0, 0.1) is 0 Å². The van der Waals surface area contributed by atoms with Crippen LogP contribution in [0.25, 0.3) is 0 Å². The molecule has 0 radical (unpaired) electrons. The third-order valence-electron chi connectivity index (χ3n) is 4.40. The number of carbonyl (C=O) groups is 3. The van der Waals surface area contributed by atoms with Crippen LogP contribution in [0.2, 0.25) is 0 Å². The molecule has 0 aromatic rings. The van der Waals surface area contributed by atoms with E-state index >= 15 is 0 Å². The fourth-order valence-corrected chi connectivity index (χ4v) is 4.08. The fourth-order valence-electron chi connectivity index (χ4n) is 3.18. The van der Waals surface area contributed by atoms with Crippen molar-refractivity contribution >= 4 is 25.5 Å². The third kappa shape index (κ3) is 11.9. The summed E-state index contributed by atoms with van der Waals surface area (Å²) in [7, 11) is -4.50. The van der Waals surface area contributed by atoms with Crippen molar-refractivity contribution in [2.75, 3.05) is 71.6 Å². The second-order valence-corrected chi connectivity index (χ2v) is 8.61. The summed E-state index contributed by atoms with van der Waals surface area (Å²) in [5.41, 5.74) is 0. The molecule has 1 fully saturated rings. The van der Waals surface area contributed by atoms with Gasteiger partial charge in [-0.2, -0.15) is 0 Å². The Balaban J connectivity index is 3.07. The molecule has 0 aromatic carbocycles. The Morgan fingerprint density at radius 2 is 1.34 bits per heavy atom. The number of carboxylic acids is 3. The van der Waals surface area contributed by atoms with Gasteiger partial charge in [-0.15, -0.1) is 0 Å². The van der Waals surface area contributed by atoms with Crippen molar-refractivity contribution in [2.24, 2.45) is 0 Å². The largest absolute Gasteiger partial charge is 0.480 e. The highest BCUT2D eigenvalue weighted by molar-refractivity contribution is 7.51. The molecule has 1 saturated heterocycles. The van der Waals surface area contributed by atoms with E-state index in [1.165, 1.54) is 9.80 Å². The Hall–Kier alpha value is -1.60. The van der Waals surface area contributed by atoms with Gasteiger partial charge >= 0.3 is 25.5 Å². The zero-order valence-electron chi connectivity index (χ0n) is 16.0. The number of carboxylic acid groups (broad SMARTS) is 3. The Kier molecular flexibility index (Phi) is 10.7. The van der Waals surface area contributed by atoms with Crippen LogP contribution in [0.4, 0.5) is 0 Å². The van der Waals surface area contributed by atoms with E-state index < -0.39 is 50.8 Å². The molecule has 0 bridgehead atoms. The number of nitrogens with one attached hydrogen (secondary N) is 1. The quantitative estimate of drug-likeness (QED) is 0.214. The molecule has 6 N–H and O–H groups in total. The second kappa shape index (κ2) is 12.2. The van der Waals surface area contributed by atoms with Crippen molar-refractivity contribution in [3.8, 4) is 0 Å². The van der Waals surface area contributed by atoms with Crippen LogP contribution < -0.4 is 5.32 Å². The molecular formula is C15H29N4O9P. The molecule has 0 spiro atoms. The van der Waals surface area contributed by atoms with Gasteiger partial charge in [-0.1, -0.05) is 0 Å². The van der Waals surface area contributed by atoms with E-state index in [4.69, 9.17) is 5.11 Å². The minimum absolute atomic E-state index is 0.0778. The van der Waals surface area contributed by atoms with Crippen molar-refractivity contribution < 1.29 is 44.1 Å². The first-order chi connectivity index (χ1) is 13.5. The molecule has 1 atom stereocenters. The fraction of sp³-hybridized carbons (Fsp3) is 0.800. The number of hydrogen-bond acceptors (Lipinski definition) is 8. The summed E-state index contributed by atoms with van der Waals surface area (Å²) in [4.78, 5) is 56.9. The molecule has 1 aliphatic heterocycles. The minimum Gasteiger partial charge on any atom is -0.480 e. The van der Waals surface area contributed by atoms with Crippen molar-refractivity contribution in [3.63, 3.8) is 0 Å². The average molecular weight is 440 g/mol. The SMILES string of the molecule is O=C(O)CN1CCNCCN(CC(=O)O)C(CP(=O)(O)O)CN(CC(=O)O)CC1. The smallest absolute Gasteiger partial charge is 0.327 e. The molecule has 29 heavy (non-hydrogen) atoms. The Morgan fingerprint density at radius 1 is 0.828 bits per heavy atom. The maximum Gasteiger partial charge on any atom is 0.327 e. The molecule has 13 nitrogen and oxygen atoms in total. The van der Waals surface area contributed by atoms with Crippen LogP contribution in [0.15, 0.2) is 0 Å². The summed E-state index contributed by atoms with van der Waals surface area (Å²) in [5, 5.41) is 30.5. The van der Waals surface area contributed by atoms with Gasteiger partial charge in [0, 0.05) is 51.9 Å². The first-order valence-electron chi connectivity index (χ1n) is 9.05. The highest BCUT2D eigenvalue weighted by Gasteiger charge is 2.30. The summed E-state index contributed by atoms with van der Waals surface area (Å²) in [6.45, 7) is 0.554. The maximum absolute atomic E-state index is 11.6. The molecule has 1 unspecified atom stereocenters. The van der Waals surface area contributed by atoms with E-state index in [0.717, 1.165) is 0 Å². The Bertz CT molecular complexity index is 615. The van der Waals surface area contributed by atoms with Crippen LogP contribution in [-0.4, -0.2) is 135 Å². The molecule has 0 saturated carbocycles. The molecule has 14 heteroatoms. The van der Waals surface area contributed by atoms with Gasteiger partial charge in [-0.05, 0) is 0 Å². The van der Waals surface area contributed by atoms with Gasteiger partial charge in [-0.3, -0.25) is 33.6 Å². The van der Waals surface area contributed by atoms with Crippen LogP contribution in [0.3, 0.4) is 0 Å². The number of aliphatic carboxylic acids is 3. The monoisotopic (exact) mass is 440 g/mol. The number of rotatable bonds is 8. The van der Waals surface area contributed by atoms with Crippen molar-refractivity contribution in [1.29, 1.82) is 0 Å². The summed E-state index contributed by atoms with van der Waals surface area (Å²) in [6, 6.07) is -0.888. The minimum atomic E-state index is -4.50. The zero-order valence-corrected chi connectivity index (χ0v) is 16.9. The lowest BCUT2D eigenvalue weighted by Crippen LogP contribution is -2.53. The summed E-state index contributed by atoms with van der Waals surface area (Å²) >= 11 is 0. The van der Waals surface area contributed by atoms with E-state index in [1.807, 2.05) is 0 Å². The highest BCUT2D eigenvalue weighted by Crippen LogP contribution is 2.36. The van der Waals surface area contributed by atoms with E-state index in [-0.39, 0.29) is 32.7 Å². The topological polar surface area (TPSA) is 191 Å². The van der Waals surface area contributed by atoms with Gasteiger partial charge in [-0.25, -0.2) is 0 Å². The van der Waals surface area contributed by atoms with E-state index in [2.05, 4.69) is 5.32 Å². The van der Waals surface area contributed by atoms with E-state index in [9.17, 15) is 38.9 Å². The first kappa shape index (κ1) is 25.4. The van der Waals surface area contributed by atoms with Gasteiger partial charge in [0.25, 0.3) is 0 Å². The van der Waals surface area contributed by atoms with Gasteiger partial charge in [0.05, 0.1) is 25.8 Å². The average Bonchev–Trinajstić information content (AvgIpc) is 2.53. The molecule has 0 aliphatic carbocycles. The molecule has 0 aromatic heterocycles. The van der Waals surface area contributed by atoms with Crippen LogP contribution in [0.1, 0.15) is 0 Å². The molecule has 1 rings (SSSR count). The second-order valence-electron chi connectivity index (χ2n) is 6.91. The lowest BCUT2D eigenvalue weighted by molar-refractivity contribution is -0.141. The molecule has 1 heterocycles. The molecular weight excluding hydrogens is 411 g/mol. The normalized spacial score (nSPS) is 21.8. The standard InChI is InChI=1S/C15H29N4O9P/c20-13(21)8-17-3-1-16-2-4-19(10-15(24)25)12(11-29(26,27)28)7-18(6-5-17)9-14(22)23/h12,16H,1-11H2,(H,20,21)(H,22,23)(H,24,25)(H2,26,27,28). The van der Waals surface area contributed by atoms with Gasteiger partial charge < -0.3 is 30.4 Å². The molecule has 168 valence electrons. The summed E-state index contributed by atoms with van der Waals surface area (Å²) in [6.07, 6.45) is -0.616. The van der Waals surface area contributed by atoms with Crippen LogP contribution in [0.5, 0.6) is 0 Å². The lowest BCUT2D eigenvalue weighted by Gasteiger charge is -2.36. The van der Waals surface area contributed by atoms with Gasteiger partial charge in [0.15, 0.2) is 0 Å². The van der Waals surface area contributed by atoms with Crippen LogP contribution >= 0.6 is 7.60 Å². The van der Waals surface area contributed by atoms with Gasteiger partial charge in [0.1, 0.15) is 0 Å². The molecule has 1 aliphatic rings. The van der Waals surface area contributed by atoms with Crippen molar-refractivity contribution in [2.45, 2.75) is 6.04 Å². The van der Waals surface area contributed by atoms with Crippen LogP contribution in [-0.2, 0) is 18.9 Å². The van der Waals surface area contributed by atoms with Gasteiger partial charge in [0.2, 0.25) is 0 Å². The predicted octanol–water partition coefficient (Wildman–Crippen LogP) is -2.70. The van der Waals surface area contributed by atoms with E-state index in [0.29, 0.717) is 19.6 Å². The predicted molar refractivity (Wildman–Crippen MR) is 101 cm³/mol. The zero-order chi connectivity index (χ0) is 22.0. The highest BCUT2D eigenvalue weighted by atomic mass is 31.2. The lowest BCUT2D eigenvalue weighted by atomic mass is 10.2. The Labute approximate surface area is 168 Å².